The van der Waals surface area contributed by atoms with Crippen molar-refractivity contribution in [3.8, 4) is 0 Å². The smallest absolute Gasteiger partial charge is 0.0836 e. The molecule has 0 amide bonds. The van der Waals surface area contributed by atoms with Gasteiger partial charge in [0.1, 0.15) is 0 Å². The zero-order valence-electron chi connectivity index (χ0n) is 5.33. The van der Waals surface area contributed by atoms with Crippen LogP contribution in [-0.4, -0.2) is 10.9 Å². The predicted octanol–water partition coefficient (Wildman–Crippen LogP) is 1.72. The molecule has 0 aliphatic heterocycles. The molecule has 0 bridgehead atoms. The van der Waals surface area contributed by atoms with Crippen molar-refractivity contribution in [1.82, 2.24) is 0 Å². The summed E-state index contributed by atoms with van der Waals surface area (Å²) in [6, 6.07) is 0. The van der Waals surface area contributed by atoms with Gasteiger partial charge < -0.3 is 5.21 Å². The normalized spacial score (nSPS) is 22.3. The first-order valence-corrected chi connectivity index (χ1v) is 2.87. The third-order valence-corrected chi connectivity index (χ3v) is 1.26. The average molecular weight is 123 g/mol. The summed E-state index contributed by atoms with van der Waals surface area (Å²) in [5, 5.41) is 11.4. The SMILES string of the molecule is CC1=CC=CC(=NO)C1. The number of hydrogen-bond acceptors (Lipinski definition) is 2. The summed E-state index contributed by atoms with van der Waals surface area (Å²) in [6.07, 6.45) is 6.46. The molecule has 0 atom stereocenters. The van der Waals surface area contributed by atoms with Crippen molar-refractivity contribution < 1.29 is 5.21 Å². The molecule has 0 aromatic rings. The van der Waals surface area contributed by atoms with Crippen LogP contribution in [0.5, 0.6) is 0 Å². The van der Waals surface area contributed by atoms with Crippen molar-refractivity contribution in [2.75, 3.05) is 0 Å². The Balaban J connectivity index is 2.73. The van der Waals surface area contributed by atoms with Gasteiger partial charge in [0.05, 0.1) is 5.71 Å². The molecule has 0 saturated carbocycles. The van der Waals surface area contributed by atoms with Crippen LogP contribution in [-0.2, 0) is 0 Å². The van der Waals surface area contributed by atoms with Crippen molar-refractivity contribution in [3.05, 3.63) is 23.8 Å². The Hall–Kier alpha value is -1.05. The summed E-state index contributed by atoms with van der Waals surface area (Å²) < 4.78 is 0. The van der Waals surface area contributed by atoms with E-state index in [2.05, 4.69) is 5.16 Å². The highest BCUT2D eigenvalue weighted by atomic mass is 16.4. The lowest BCUT2D eigenvalue weighted by Crippen LogP contribution is -1.97. The van der Waals surface area contributed by atoms with E-state index in [0.29, 0.717) is 0 Å². The van der Waals surface area contributed by atoms with E-state index in [1.165, 1.54) is 5.57 Å². The number of hydrogen-bond donors (Lipinski definition) is 1. The van der Waals surface area contributed by atoms with Crippen molar-refractivity contribution >= 4 is 5.71 Å². The van der Waals surface area contributed by atoms with Crippen LogP contribution in [0, 0.1) is 0 Å². The zero-order valence-corrected chi connectivity index (χ0v) is 5.33. The zero-order chi connectivity index (χ0) is 6.69. The van der Waals surface area contributed by atoms with E-state index >= 15 is 0 Å². The highest BCUT2D eigenvalue weighted by Crippen LogP contribution is 2.07. The Bertz CT molecular complexity index is 189. The van der Waals surface area contributed by atoms with E-state index in [-0.39, 0.29) is 0 Å². The molecule has 0 unspecified atom stereocenters. The second-order valence-corrected chi connectivity index (χ2v) is 2.14. The maximum atomic E-state index is 8.32. The van der Waals surface area contributed by atoms with E-state index in [9.17, 15) is 0 Å². The van der Waals surface area contributed by atoms with E-state index in [4.69, 9.17) is 5.21 Å². The van der Waals surface area contributed by atoms with Gasteiger partial charge in [-0.25, -0.2) is 0 Å². The van der Waals surface area contributed by atoms with Gasteiger partial charge in [-0.15, -0.1) is 0 Å². The summed E-state index contributed by atoms with van der Waals surface area (Å²) in [6.45, 7) is 2.01. The maximum absolute atomic E-state index is 8.32. The molecule has 0 saturated heterocycles. The molecule has 0 heterocycles. The van der Waals surface area contributed by atoms with Gasteiger partial charge >= 0.3 is 0 Å². The van der Waals surface area contributed by atoms with Gasteiger partial charge in [-0.2, -0.15) is 0 Å². The fourth-order valence-corrected chi connectivity index (χ4v) is 0.796. The second kappa shape index (κ2) is 2.49. The molecule has 0 radical (unpaired) electrons. The Morgan fingerprint density at radius 3 is 2.89 bits per heavy atom. The van der Waals surface area contributed by atoms with Crippen LogP contribution in [0.1, 0.15) is 13.3 Å². The lowest BCUT2D eigenvalue weighted by molar-refractivity contribution is 0.318. The summed E-state index contributed by atoms with van der Waals surface area (Å²) >= 11 is 0. The third-order valence-electron chi connectivity index (χ3n) is 1.26. The number of rotatable bonds is 0. The van der Waals surface area contributed by atoms with Crippen molar-refractivity contribution in [2.24, 2.45) is 5.16 Å². The van der Waals surface area contributed by atoms with Gasteiger partial charge in [0, 0.05) is 6.42 Å². The Kier molecular flexibility index (Phi) is 1.68. The van der Waals surface area contributed by atoms with E-state index in [1.54, 1.807) is 6.08 Å². The summed E-state index contributed by atoms with van der Waals surface area (Å²) in [5.41, 5.74) is 1.96. The number of allylic oxidation sites excluding steroid dienone is 4. The van der Waals surface area contributed by atoms with Crippen molar-refractivity contribution in [1.29, 1.82) is 0 Å². The monoisotopic (exact) mass is 123 g/mol. The molecule has 2 nitrogen and oxygen atoms in total. The van der Waals surface area contributed by atoms with Crippen molar-refractivity contribution in [2.45, 2.75) is 13.3 Å². The van der Waals surface area contributed by atoms with E-state index in [0.717, 1.165) is 12.1 Å². The second-order valence-electron chi connectivity index (χ2n) is 2.14. The van der Waals surface area contributed by atoms with Gasteiger partial charge in [0.15, 0.2) is 0 Å². The fourth-order valence-electron chi connectivity index (χ4n) is 0.796. The molecule has 1 rings (SSSR count). The predicted molar refractivity (Wildman–Crippen MR) is 36.7 cm³/mol. The highest BCUT2D eigenvalue weighted by molar-refractivity contribution is 5.97. The fraction of sp³-hybridized carbons (Fsp3) is 0.286. The molecule has 9 heavy (non-hydrogen) atoms. The van der Waals surface area contributed by atoms with E-state index in [1.807, 2.05) is 19.1 Å². The van der Waals surface area contributed by atoms with Crippen LogP contribution in [0.25, 0.3) is 0 Å². The van der Waals surface area contributed by atoms with Gasteiger partial charge in [-0.3, -0.25) is 0 Å². The summed E-state index contributed by atoms with van der Waals surface area (Å²) in [7, 11) is 0. The largest absolute Gasteiger partial charge is 0.411 e. The molecule has 0 aromatic heterocycles. The molecule has 0 fully saturated rings. The number of nitrogens with zero attached hydrogens (tertiary/aromatic N) is 1. The Labute approximate surface area is 54.2 Å². The van der Waals surface area contributed by atoms with Crippen LogP contribution < -0.4 is 0 Å². The molecule has 1 aliphatic rings. The molecule has 0 aromatic carbocycles. The minimum Gasteiger partial charge on any atom is -0.411 e. The maximum Gasteiger partial charge on any atom is 0.0836 e. The van der Waals surface area contributed by atoms with Gasteiger partial charge in [-0.05, 0) is 13.0 Å². The van der Waals surface area contributed by atoms with Crippen LogP contribution in [0.3, 0.4) is 0 Å². The van der Waals surface area contributed by atoms with E-state index < -0.39 is 0 Å². The molecular formula is C7H9NO. The van der Waals surface area contributed by atoms with Gasteiger partial charge in [0.25, 0.3) is 0 Å². The minimum atomic E-state index is 0.731. The standard InChI is InChI=1S/C7H9NO/c1-6-3-2-4-7(5-6)8-9/h2-4,9H,5H2,1H3. The van der Waals surface area contributed by atoms with Crippen LogP contribution in [0.15, 0.2) is 29.0 Å². The highest BCUT2D eigenvalue weighted by Gasteiger charge is 1.99. The topological polar surface area (TPSA) is 32.6 Å². The molecular weight excluding hydrogens is 114 g/mol. The lowest BCUT2D eigenvalue weighted by atomic mass is 10.1. The first-order chi connectivity index (χ1) is 4.33. The Morgan fingerprint density at radius 1 is 1.67 bits per heavy atom. The van der Waals surface area contributed by atoms with Crippen LogP contribution in [0.4, 0.5) is 0 Å². The quantitative estimate of drug-likeness (QED) is 0.386. The first-order valence-electron chi connectivity index (χ1n) is 2.87. The van der Waals surface area contributed by atoms with Crippen LogP contribution in [0.2, 0.25) is 0 Å². The Morgan fingerprint density at radius 2 is 2.44 bits per heavy atom. The third kappa shape index (κ3) is 1.42. The average Bonchev–Trinajstić information content (AvgIpc) is 1.88. The molecule has 48 valence electrons. The molecule has 2 heteroatoms. The van der Waals surface area contributed by atoms with Crippen LogP contribution >= 0.6 is 0 Å². The lowest BCUT2D eigenvalue weighted by Gasteiger charge is -2.02. The van der Waals surface area contributed by atoms with Gasteiger partial charge in [-0.1, -0.05) is 22.9 Å². The summed E-state index contributed by atoms with van der Waals surface area (Å²) in [5.74, 6) is 0. The van der Waals surface area contributed by atoms with Crippen molar-refractivity contribution in [3.63, 3.8) is 0 Å². The summed E-state index contributed by atoms with van der Waals surface area (Å²) in [4.78, 5) is 0. The van der Waals surface area contributed by atoms with Gasteiger partial charge in [0.2, 0.25) is 0 Å². The number of oxime groups is 1. The minimum absolute atomic E-state index is 0.731. The molecule has 1 aliphatic carbocycles. The molecule has 0 spiro atoms. The first kappa shape index (κ1) is 6.08. The molecule has 1 N–H and O–H groups in total.